The SMILES string of the molecule is NC(=O)CCC(N)C(=O)NC(Cc1ccccc1)C(=O)NC(Cc1ccc(O)cc1)C(=O)NC(Cc1c[nH]c2ccccc12)C(=O)O. The van der Waals surface area contributed by atoms with E-state index in [9.17, 15) is 34.2 Å². The molecule has 3 aromatic carbocycles. The number of H-pyrrole nitrogens is 1. The van der Waals surface area contributed by atoms with E-state index in [1.165, 1.54) is 12.1 Å². The van der Waals surface area contributed by atoms with Crippen molar-refractivity contribution in [3.63, 3.8) is 0 Å². The summed E-state index contributed by atoms with van der Waals surface area (Å²) in [6.07, 6.45) is 1.50. The number of aromatic amines is 1. The van der Waals surface area contributed by atoms with Crippen molar-refractivity contribution in [3.05, 3.63) is 102 Å². The van der Waals surface area contributed by atoms with Gasteiger partial charge in [-0.25, -0.2) is 4.79 Å². The number of hydrogen-bond acceptors (Lipinski definition) is 7. The lowest BCUT2D eigenvalue weighted by Crippen LogP contribution is -2.58. The van der Waals surface area contributed by atoms with Crippen LogP contribution in [-0.4, -0.2) is 69.0 Å². The predicted molar refractivity (Wildman–Crippen MR) is 174 cm³/mol. The maximum atomic E-state index is 13.8. The average Bonchev–Trinajstić information content (AvgIpc) is 3.46. The van der Waals surface area contributed by atoms with Crippen LogP contribution in [0.1, 0.15) is 29.5 Å². The number of fused-ring (bicyclic) bond motifs is 1. The number of nitrogens with two attached hydrogens (primary N) is 2. The van der Waals surface area contributed by atoms with Gasteiger partial charge in [-0.05, 0) is 41.3 Å². The molecule has 0 aliphatic rings. The van der Waals surface area contributed by atoms with E-state index < -0.39 is 53.8 Å². The number of primary amides is 1. The van der Waals surface area contributed by atoms with Crippen LogP contribution < -0.4 is 27.4 Å². The van der Waals surface area contributed by atoms with E-state index in [1.54, 1.807) is 48.7 Å². The summed E-state index contributed by atoms with van der Waals surface area (Å²) in [5.74, 6) is -4.06. The Bertz CT molecular complexity index is 1710. The van der Waals surface area contributed by atoms with Gasteiger partial charge in [0, 0.05) is 42.8 Å². The molecule has 4 unspecified atom stereocenters. The Balaban J connectivity index is 1.57. The number of carbonyl (C=O) groups is 5. The minimum Gasteiger partial charge on any atom is -0.508 e. The van der Waals surface area contributed by atoms with Gasteiger partial charge in [0.15, 0.2) is 0 Å². The average molecular weight is 643 g/mol. The summed E-state index contributed by atoms with van der Waals surface area (Å²) in [5, 5.41) is 28.5. The molecule has 0 bridgehead atoms. The second-order valence-electron chi connectivity index (χ2n) is 11.3. The fourth-order valence-corrected chi connectivity index (χ4v) is 5.11. The predicted octanol–water partition coefficient (Wildman–Crippen LogP) is 1.03. The first-order chi connectivity index (χ1) is 22.5. The van der Waals surface area contributed by atoms with E-state index >= 15 is 0 Å². The molecule has 13 heteroatoms. The zero-order valence-corrected chi connectivity index (χ0v) is 25.5. The van der Waals surface area contributed by atoms with Crippen molar-refractivity contribution in [1.82, 2.24) is 20.9 Å². The van der Waals surface area contributed by atoms with Gasteiger partial charge in [-0.1, -0.05) is 60.7 Å². The molecule has 4 atom stereocenters. The highest BCUT2D eigenvalue weighted by Gasteiger charge is 2.31. The lowest BCUT2D eigenvalue weighted by Gasteiger charge is -2.25. The number of aromatic hydroxyl groups is 1. The number of carbonyl (C=O) groups excluding carboxylic acids is 4. The molecule has 0 saturated heterocycles. The highest BCUT2D eigenvalue weighted by atomic mass is 16.4. The van der Waals surface area contributed by atoms with Crippen LogP contribution in [0.5, 0.6) is 5.75 Å². The molecule has 246 valence electrons. The topological polar surface area (TPSA) is 230 Å². The van der Waals surface area contributed by atoms with Crippen molar-refractivity contribution >= 4 is 40.5 Å². The van der Waals surface area contributed by atoms with E-state index in [0.29, 0.717) is 16.7 Å². The summed E-state index contributed by atoms with van der Waals surface area (Å²) in [4.78, 5) is 67.0. The molecule has 0 aliphatic carbocycles. The monoisotopic (exact) mass is 642 g/mol. The number of carboxylic acid groups (broad SMARTS) is 1. The first-order valence-corrected chi connectivity index (χ1v) is 15.0. The molecular weight excluding hydrogens is 604 g/mol. The summed E-state index contributed by atoms with van der Waals surface area (Å²) in [6, 6.07) is 17.3. The summed E-state index contributed by atoms with van der Waals surface area (Å²) in [7, 11) is 0. The standard InChI is InChI=1S/C34H38N6O7/c35-25(14-15-30(36)42)31(43)38-27(16-20-6-2-1-3-7-20)32(44)39-28(17-21-10-12-23(41)13-11-21)33(45)40-29(34(46)47)18-22-19-37-26-9-5-4-8-24(22)26/h1-13,19,25,27-29,37,41H,14-18,35H2,(H2,36,42)(H,38,43)(H,39,44)(H,40,45)(H,46,47). The van der Waals surface area contributed by atoms with Crippen LogP contribution in [0.25, 0.3) is 10.9 Å². The molecule has 0 aliphatic heterocycles. The molecule has 0 radical (unpaired) electrons. The molecule has 47 heavy (non-hydrogen) atoms. The summed E-state index contributed by atoms with van der Waals surface area (Å²) >= 11 is 0. The maximum Gasteiger partial charge on any atom is 0.326 e. The molecule has 4 aromatic rings. The number of phenolic OH excluding ortho intramolecular Hbond substituents is 1. The number of hydrogen-bond donors (Lipinski definition) is 8. The Morgan fingerprint density at radius 1 is 0.702 bits per heavy atom. The molecular formula is C34H38N6O7. The Morgan fingerprint density at radius 3 is 1.87 bits per heavy atom. The van der Waals surface area contributed by atoms with Crippen molar-refractivity contribution < 1.29 is 34.2 Å². The van der Waals surface area contributed by atoms with Crippen LogP contribution in [0.15, 0.2) is 85.1 Å². The third-order valence-corrected chi connectivity index (χ3v) is 7.68. The van der Waals surface area contributed by atoms with Crippen LogP contribution >= 0.6 is 0 Å². The number of nitrogens with one attached hydrogen (secondary N) is 4. The maximum absolute atomic E-state index is 13.8. The molecule has 4 rings (SSSR count). The molecule has 10 N–H and O–H groups in total. The second kappa shape index (κ2) is 16.0. The summed E-state index contributed by atoms with van der Waals surface area (Å²) in [5.41, 5.74) is 13.9. The van der Waals surface area contributed by atoms with Crippen LogP contribution in [0.4, 0.5) is 0 Å². The van der Waals surface area contributed by atoms with Crippen molar-refractivity contribution in [2.75, 3.05) is 0 Å². The van der Waals surface area contributed by atoms with Crippen molar-refractivity contribution in [2.45, 2.75) is 56.3 Å². The van der Waals surface area contributed by atoms with Crippen molar-refractivity contribution in [1.29, 1.82) is 0 Å². The fourth-order valence-electron chi connectivity index (χ4n) is 5.11. The van der Waals surface area contributed by atoms with E-state index in [4.69, 9.17) is 11.5 Å². The van der Waals surface area contributed by atoms with Crippen LogP contribution in [0.3, 0.4) is 0 Å². The zero-order chi connectivity index (χ0) is 33.9. The lowest BCUT2D eigenvalue weighted by atomic mass is 10.0. The summed E-state index contributed by atoms with van der Waals surface area (Å²) < 4.78 is 0. The number of aliphatic carboxylic acids is 1. The number of amides is 4. The Morgan fingerprint density at radius 2 is 1.26 bits per heavy atom. The van der Waals surface area contributed by atoms with Crippen LogP contribution in [-0.2, 0) is 43.2 Å². The van der Waals surface area contributed by atoms with Crippen LogP contribution in [0, 0.1) is 0 Å². The Labute approximate surface area is 270 Å². The molecule has 0 saturated carbocycles. The van der Waals surface area contributed by atoms with Crippen LogP contribution in [0.2, 0.25) is 0 Å². The Hall–Kier alpha value is -5.69. The third-order valence-electron chi connectivity index (χ3n) is 7.68. The number of aromatic nitrogens is 1. The number of para-hydroxylation sites is 1. The largest absolute Gasteiger partial charge is 0.508 e. The van der Waals surface area contributed by atoms with E-state index in [0.717, 1.165) is 10.9 Å². The third kappa shape index (κ3) is 9.90. The van der Waals surface area contributed by atoms with E-state index in [2.05, 4.69) is 20.9 Å². The first-order valence-electron chi connectivity index (χ1n) is 15.0. The Kier molecular flexibility index (Phi) is 11.7. The molecule has 0 fully saturated rings. The van der Waals surface area contributed by atoms with Gasteiger partial charge in [-0.3, -0.25) is 19.2 Å². The quantitative estimate of drug-likeness (QED) is 0.0878. The molecule has 1 heterocycles. The number of rotatable bonds is 16. The zero-order valence-electron chi connectivity index (χ0n) is 25.5. The van der Waals surface area contributed by atoms with Gasteiger partial charge in [0.05, 0.1) is 6.04 Å². The molecule has 0 spiro atoms. The lowest BCUT2D eigenvalue weighted by molar-refractivity contribution is -0.142. The van der Waals surface area contributed by atoms with E-state index in [1.807, 2.05) is 24.3 Å². The van der Waals surface area contributed by atoms with Gasteiger partial charge < -0.3 is 42.6 Å². The highest BCUT2D eigenvalue weighted by molar-refractivity contribution is 5.95. The highest BCUT2D eigenvalue weighted by Crippen LogP contribution is 2.19. The van der Waals surface area contributed by atoms with Gasteiger partial charge in [-0.15, -0.1) is 0 Å². The van der Waals surface area contributed by atoms with Crippen molar-refractivity contribution in [2.24, 2.45) is 11.5 Å². The normalized spacial score (nSPS) is 13.6. The van der Waals surface area contributed by atoms with Crippen molar-refractivity contribution in [3.8, 4) is 5.75 Å². The molecule has 4 amide bonds. The van der Waals surface area contributed by atoms with Gasteiger partial charge in [0.25, 0.3) is 0 Å². The first kappa shape index (κ1) is 34.2. The second-order valence-corrected chi connectivity index (χ2v) is 11.3. The van der Waals surface area contributed by atoms with Gasteiger partial charge in [0.1, 0.15) is 23.9 Å². The number of benzene rings is 3. The number of carboxylic acids is 1. The molecule has 13 nitrogen and oxygen atoms in total. The van der Waals surface area contributed by atoms with Gasteiger partial charge >= 0.3 is 5.97 Å². The molecule has 1 aromatic heterocycles. The minimum absolute atomic E-state index is 0.00164. The minimum atomic E-state index is -1.33. The smallest absolute Gasteiger partial charge is 0.326 e. The van der Waals surface area contributed by atoms with Gasteiger partial charge in [-0.2, -0.15) is 0 Å². The van der Waals surface area contributed by atoms with Gasteiger partial charge in [0.2, 0.25) is 23.6 Å². The summed E-state index contributed by atoms with van der Waals surface area (Å²) in [6.45, 7) is 0. The fraction of sp³-hybridized carbons (Fsp3) is 0.265. The number of phenols is 1. The van der Waals surface area contributed by atoms with E-state index in [-0.39, 0.29) is 37.9 Å².